The number of amides is 1. The van der Waals surface area contributed by atoms with E-state index in [4.69, 9.17) is 5.73 Å². The quantitative estimate of drug-likeness (QED) is 0.918. The second-order valence-electron chi connectivity index (χ2n) is 5.63. The Morgan fingerprint density at radius 2 is 2.18 bits per heavy atom. The molecule has 1 unspecified atom stereocenters. The van der Waals surface area contributed by atoms with Gasteiger partial charge in [0.15, 0.2) is 5.82 Å². The molecule has 116 valence electrons. The maximum atomic E-state index is 11.1. The standard InChI is InChI=1S/C16H20N4OS/c1-10(22-2)16-18-15(9-14(17)21)19-20(16)13-7-6-11-4-3-5-12(11)8-13/h6-8,10H,3-5,9H2,1-2H3,(H2,17,21). The fourth-order valence-corrected chi connectivity index (χ4v) is 3.21. The first-order valence-corrected chi connectivity index (χ1v) is 8.76. The maximum Gasteiger partial charge on any atom is 0.225 e. The third-order valence-corrected chi connectivity index (χ3v) is 4.97. The summed E-state index contributed by atoms with van der Waals surface area (Å²) in [6.45, 7) is 2.09. The van der Waals surface area contributed by atoms with Crippen molar-refractivity contribution in [1.29, 1.82) is 0 Å². The maximum absolute atomic E-state index is 11.1. The number of carbonyl (C=O) groups excluding carboxylic acids is 1. The van der Waals surface area contributed by atoms with Crippen LogP contribution >= 0.6 is 11.8 Å². The van der Waals surface area contributed by atoms with Gasteiger partial charge in [-0.15, -0.1) is 0 Å². The lowest BCUT2D eigenvalue weighted by Gasteiger charge is -2.11. The highest BCUT2D eigenvalue weighted by Gasteiger charge is 2.19. The van der Waals surface area contributed by atoms with Crippen molar-refractivity contribution in [3.8, 4) is 5.69 Å². The second-order valence-corrected chi connectivity index (χ2v) is 6.80. The van der Waals surface area contributed by atoms with Gasteiger partial charge in [0.25, 0.3) is 0 Å². The van der Waals surface area contributed by atoms with Crippen molar-refractivity contribution in [2.24, 2.45) is 5.73 Å². The lowest BCUT2D eigenvalue weighted by molar-refractivity contribution is -0.117. The van der Waals surface area contributed by atoms with Crippen molar-refractivity contribution in [2.75, 3.05) is 6.26 Å². The molecule has 1 heterocycles. The number of benzene rings is 1. The Morgan fingerprint density at radius 1 is 1.41 bits per heavy atom. The molecule has 1 aromatic carbocycles. The molecule has 22 heavy (non-hydrogen) atoms. The average molecular weight is 316 g/mol. The summed E-state index contributed by atoms with van der Waals surface area (Å²) in [4.78, 5) is 15.7. The molecular formula is C16H20N4OS. The largest absolute Gasteiger partial charge is 0.369 e. The number of fused-ring (bicyclic) bond motifs is 1. The van der Waals surface area contributed by atoms with Crippen LogP contribution in [0.3, 0.4) is 0 Å². The summed E-state index contributed by atoms with van der Waals surface area (Å²) in [5, 5.41) is 4.70. The summed E-state index contributed by atoms with van der Waals surface area (Å²) in [5.74, 6) is 0.944. The highest BCUT2D eigenvalue weighted by Crippen LogP contribution is 2.29. The van der Waals surface area contributed by atoms with Gasteiger partial charge in [-0.05, 0) is 55.7 Å². The monoisotopic (exact) mass is 316 g/mol. The van der Waals surface area contributed by atoms with Crippen LogP contribution in [-0.2, 0) is 24.1 Å². The van der Waals surface area contributed by atoms with Gasteiger partial charge in [-0.1, -0.05) is 6.07 Å². The Labute approximate surface area is 134 Å². The lowest BCUT2D eigenvalue weighted by atomic mass is 10.1. The molecule has 1 aliphatic carbocycles. The molecule has 0 saturated heterocycles. The summed E-state index contributed by atoms with van der Waals surface area (Å²) in [5.41, 5.74) is 9.11. The molecule has 0 bridgehead atoms. The molecular weight excluding hydrogens is 296 g/mol. The van der Waals surface area contributed by atoms with Crippen molar-refractivity contribution in [3.05, 3.63) is 41.0 Å². The molecule has 0 radical (unpaired) electrons. The number of primary amides is 1. The molecule has 0 aliphatic heterocycles. The second kappa shape index (κ2) is 6.12. The molecule has 6 heteroatoms. The van der Waals surface area contributed by atoms with Gasteiger partial charge in [0, 0.05) is 0 Å². The highest BCUT2D eigenvalue weighted by atomic mass is 32.2. The molecule has 2 aromatic rings. The van der Waals surface area contributed by atoms with Gasteiger partial charge >= 0.3 is 0 Å². The van der Waals surface area contributed by atoms with E-state index in [0.29, 0.717) is 5.82 Å². The van der Waals surface area contributed by atoms with E-state index in [-0.39, 0.29) is 11.7 Å². The molecule has 1 aromatic heterocycles. The Bertz CT molecular complexity index is 710. The van der Waals surface area contributed by atoms with E-state index in [2.05, 4.69) is 35.2 Å². The van der Waals surface area contributed by atoms with Crippen molar-refractivity contribution < 1.29 is 4.79 Å². The molecule has 3 rings (SSSR count). The van der Waals surface area contributed by atoms with E-state index in [1.807, 2.05) is 10.9 Å². The number of nitrogens with two attached hydrogens (primary N) is 1. The molecule has 0 saturated carbocycles. The highest BCUT2D eigenvalue weighted by molar-refractivity contribution is 7.98. The third-order valence-electron chi connectivity index (χ3n) is 4.05. The van der Waals surface area contributed by atoms with Gasteiger partial charge < -0.3 is 5.73 Å². The van der Waals surface area contributed by atoms with Crippen LogP contribution in [0.25, 0.3) is 5.69 Å². The van der Waals surface area contributed by atoms with E-state index in [0.717, 1.165) is 24.4 Å². The van der Waals surface area contributed by atoms with Crippen LogP contribution in [0.2, 0.25) is 0 Å². The molecule has 1 amide bonds. The Hall–Kier alpha value is -1.82. The minimum atomic E-state index is -0.408. The van der Waals surface area contributed by atoms with Crippen molar-refractivity contribution >= 4 is 17.7 Å². The van der Waals surface area contributed by atoms with Crippen LogP contribution in [-0.4, -0.2) is 26.9 Å². The first kappa shape index (κ1) is 15.1. The zero-order valence-electron chi connectivity index (χ0n) is 12.9. The number of hydrogen-bond donors (Lipinski definition) is 1. The topological polar surface area (TPSA) is 73.8 Å². The van der Waals surface area contributed by atoms with Crippen molar-refractivity contribution in [1.82, 2.24) is 14.8 Å². The van der Waals surface area contributed by atoms with Crippen LogP contribution in [0.15, 0.2) is 18.2 Å². The molecule has 0 fully saturated rings. The summed E-state index contributed by atoms with van der Waals surface area (Å²) in [7, 11) is 0. The smallest absolute Gasteiger partial charge is 0.225 e. The summed E-state index contributed by atoms with van der Waals surface area (Å²) in [6, 6.07) is 6.46. The van der Waals surface area contributed by atoms with Crippen LogP contribution < -0.4 is 5.73 Å². The molecule has 0 spiro atoms. The minimum Gasteiger partial charge on any atom is -0.369 e. The average Bonchev–Trinajstić information content (AvgIpc) is 3.11. The third kappa shape index (κ3) is 2.88. The summed E-state index contributed by atoms with van der Waals surface area (Å²) < 4.78 is 1.86. The van der Waals surface area contributed by atoms with E-state index in [1.165, 1.54) is 17.5 Å². The molecule has 1 atom stereocenters. The number of nitrogens with zero attached hydrogens (tertiary/aromatic N) is 3. The Balaban J connectivity index is 2.04. The van der Waals surface area contributed by atoms with Gasteiger partial charge in [-0.2, -0.15) is 16.9 Å². The van der Waals surface area contributed by atoms with Gasteiger partial charge in [0.05, 0.1) is 17.4 Å². The molecule has 5 nitrogen and oxygen atoms in total. The summed E-state index contributed by atoms with van der Waals surface area (Å²) in [6.07, 6.45) is 5.62. The molecule has 2 N–H and O–H groups in total. The van der Waals surface area contributed by atoms with Crippen molar-refractivity contribution in [2.45, 2.75) is 37.9 Å². The predicted molar refractivity (Wildman–Crippen MR) is 88.2 cm³/mol. The lowest BCUT2D eigenvalue weighted by Crippen LogP contribution is -2.14. The predicted octanol–water partition coefficient (Wildman–Crippen LogP) is 2.21. The zero-order valence-corrected chi connectivity index (χ0v) is 13.7. The Morgan fingerprint density at radius 3 is 2.91 bits per heavy atom. The van der Waals surface area contributed by atoms with E-state index in [9.17, 15) is 4.79 Å². The summed E-state index contributed by atoms with van der Waals surface area (Å²) >= 11 is 1.70. The SMILES string of the molecule is CSC(C)c1nc(CC(N)=O)nn1-c1ccc2c(c1)CCC2. The fraction of sp³-hybridized carbons (Fsp3) is 0.438. The van der Waals surface area contributed by atoms with Crippen LogP contribution in [0, 0.1) is 0 Å². The van der Waals surface area contributed by atoms with Gasteiger partial charge in [0.2, 0.25) is 5.91 Å². The number of aryl methyl sites for hydroxylation is 2. The molecule has 1 aliphatic rings. The zero-order chi connectivity index (χ0) is 15.7. The fourth-order valence-electron chi connectivity index (χ4n) is 2.85. The van der Waals surface area contributed by atoms with Gasteiger partial charge in [-0.25, -0.2) is 9.67 Å². The van der Waals surface area contributed by atoms with Crippen LogP contribution in [0.1, 0.15) is 41.4 Å². The van der Waals surface area contributed by atoms with Crippen LogP contribution in [0.4, 0.5) is 0 Å². The normalized spacial score (nSPS) is 14.8. The minimum absolute atomic E-state index is 0.0754. The number of rotatable bonds is 5. The van der Waals surface area contributed by atoms with Crippen LogP contribution in [0.5, 0.6) is 0 Å². The van der Waals surface area contributed by atoms with E-state index in [1.54, 1.807) is 11.8 Å². The number of thioether (sulfide) groups is 1. The Kier molecular flexibility index (Phi) is 4.20. The first-order chi connectivity index (χ1) is 10.6. The first-order valence-electron chi connectivity index (χ1n) is 7.47. The van der Waals surface area contributed by atoms with Gasteiger partial charge in [-0.3, -0.25) is 4.79 Å². The number of aromatic nitrogens is 3. The van der Waals surface area contributed by atoms with Gasteiger partial charge in [0.1, 0.15) is 5.82 Å². The van der Waals surface area contributed by atoms with E-state index < -0.39 is 5.91 Å². The van der Waals surface area contributed by atoms with Crippen molar-refractivity contribution in [3.63, 3.8) is 0 Å². The number of carbonyl (C=O) groups is 1. The number of hydrogen-bond acceptors (Lipinski definition) is 4. The van der Waals surface area contributed by atoms with E-state index >= 15 is 0 Å².